The van der Waals surface area contributed by atoms with Crippen molar-refractivity contribution in [2.45, 2.75) is 47.6 Å². The fourth-order valence-corrected chi connectivity index (χ4v) is 3.18. The summed E-state index contributed by atoms with van der Waals surface area (Å²) in [7, 11) is 4.53. The van der Waals surface area contributed by atoms with Gasteiger partial charge in [-0.05, 0) is 49.7 Å². The molecule has 0 bridgehead atoms. The number of hydrogen-bond donors (Lipinski definition) is 1. The summed E-state index contributed by atoms with van der Waals surface area (Å²) in [4.78, 5) is 15.4. The van der Waals surface area contributed by atoms with Gasteiger partial charge in [0.25, 0.3) is 0 Å². The molecule has 0 saturated heterocycles. The second-order valence-electron chi connectivity index (χ2n) is 7.12. The molecule has 1 aromatic rings. The van der Waals surface area contributed by atoms with Crippen LogP contribution in [-0.2, 0) is 22.1 Å². The third-order valence-corrected chi connectivity index (χ3v) is 3.90. The van der Waals surface area contributed by atoms with Crippen molar-refractivity contribution in [3.05, 3.63) is 55.3 Å². The Kier molecular flexibility index (Phi) is 9.18. The average molecular weight is 455 g/mol. The van der Waals surface area contributed by atoms with Crippen molar-refractivity contribution in [3.63, 3.8) is 0 Å². The van der Waals surface area contributed by atoms with Crippen molar-refractivity contribution in [2.75, 3.05) is 4.90 Å². The van der Waals surface area contributed by atoms with Gasteiger partial charge >= 0.3 is 33.0 Å². The molecule has 1 aliphatic heterocycles. The van der Waals surface area contributed by atoms with Crippen LogP contribution in [0, 0.1) is 40.3 Å². The first-order valence-electron chi connectivity index (χ1n) is 7.63. The van der Waals surface area contributed by atoms with Gasteiger partial charge in [-0.1, -0.05) is 38.5 Å². The molecule has 6 heteroatoms. The summed E-state index contributed by atoms with van der Waals surface area (Å²) in [6.45, 7) is 13.9. The van der Waals surface area contributed by atoms with Gasteiger partial charge in [0.1, 0.15) is 6.04 Å². The fourth-order valence-electron chi connectivity index (χ4n) is 3.18. The van der Waals surface area contributed by atoms with Crippen LogP contribution in [0.4, 0.5) is 5.69 Å². The van der Waals surface area contributed by atoms with Crippen LogP contribution in [0.1, 0.15) is 37.5 Å². The summed E-state index contributed by atoms with van der Waals surface area (Å²) < 4.78 is 0. The van der Waals surface area contributed by atoms with E-state index in [1.54, 1.807) is 4.90 Å². The van der Waals surface area contributed by atoms with Crippen LogP contribution in [0.25, 0.3) is 0 Å². The molecule has 1 aromatic carbocycles. The van der Waals surface area contributed by atoms with E-state index in [2.05, 4.69) is 42.6 Å². The first-order chi connectivity index (χ1) is 11.1. The molecule has 1 aliphatic rings. The monoisotopic (exact) mass is 454 g/mol. The Balaban J connectivity index is 0.00000185. The summed E-state index contributed by atoms with van der Waals surface area (Å²) >= 11 is 2.02. The summed E-state index contributed by atoms with van der Waals surface area (Å²) in [6, 6.07) is 3.69. The Morgan fingerprint density at radius 1 is 1.16 bits per heavy atom. The molecule has 1 N–H and O–H groups in total. The Bertz CT molecular complexity index is 603. The topological polar surface area (TPSA) is 43.8 Å². The quantitative estimate of drug-likeness (QED) is 0.518. The van der Waals surface area contributed by atoms with Crippen molar-refractivity contribution < 1.29 is 27.2 Å². The number of carbonyl (C=O) groups is 1. The van der Waals surface area contributed by atoms with Crippen molar-refractivity contribution in [1.82, 2.24) is 4.90 Å². The van der Waals surface area contributed by atoms with Gasteiger partial charge < -0.3 is 22.3 Å². The molecule has 0 spiro atoms. The zero-order chi connectivity index (χ0) is 18.7. The Labute approximate surface area is 166 Å². The maximum absolute atomic E-state index is 11.6. The van der Waals surface area contributed by atoms with Crippen LogP contribution in [0.3, 0.4) is 0 Å². The molecular formula is C19H28ClN2O2Rh. The van der Waals surface area contributed by atoms with Crippen molar-refractivity contribution in [1.29, 1.82) is 0 Å². The average Bonchev–Trinajstić information content (AvgIpc) is 2.86. The number of aliphatic carboxylic acids is 1. The Morgan fingerprint density at radius 3 is 2.04 bits per heavy atom. The molecule has 0 radical (unpaired) electrons. The van der Waals surface area contributed by atoms with E-state index in [0.29, 0.717) is 0 Å². The van der Waals surface area contributed by atoms with Crippen molar-refractivity contribution in [3.8, 4) is 0 Å². The molecule has 0 unspecified atom stereocenters. The number of nitrogens with zero attached hydrogens (tertiary/aromatic N) is 2. The second-order valence-corrected chi connectivity index (χ2v) is 7.12. The number of hydrogen-bond acceptors (Lipinski definition) is 3. The minimum atomic E-state index is -0.812. The van der Waals surface area contributed by atoms with E-state index in [0.717, 1.165) is 5.69 Å². The molecule has 1 atom stereocenters. The predicted molar refractivity (Wildman–Crippen MR) is 102 cm³/mol. The summed E-state index contributed by atoms with van der Waals surface area (Å²) in [5.74, 6) is -0.812. The number of aryl methyl sites for hydroxylation is 3. The Hall–Kier alpha value is -1.06. The summed E-state index contributed by atoms with van der Waals surface area (Å²) in [6.07, 6.45) is 3.76. The molecule has 4 nitrogen and oxygen atoms in total. The summed E-state index contributed by atoms with van der Waals surface area (Å²) in [5, 5.41) is 9.56. The van der Waals surface area contributed by atoms with Gasteiger partial charge in [0.2, 0.25) is 0 Å². The summed E-state index contributed by atoms with van der Waals surface area (Å²) in [5.41, 5.74) is 4.35. The van der Waals surface area contributed by atoms with E-state index >= 15 is 0 Å². The molecule has 25 heavy (non-hydrogen) atoms. The molecule has 2 rings (SSSR count). The fraction of sp³-hybridized carbons (Fsp3) is 0.421. The van der Waals surface area contributed by atoms with Gasteiger partial charge in [0, 0.05) is 5.69 Å². The maximum atomic E-state index is 11.6. The number of anilines is 1. The number of carboxylic acids is 1. The van der Waals surface area contributed by atoms with Gasteiger partial charge in [0.05, 0.1) is 0 Å². The van der Waals surface area contributed by atoms with E-state index in [9.17, 15) is 9.90 Å². The van der Waals surface area contributed by atoms with Crippen molar-refractivity contribution >= 4 is 21.3 Å². The molecule has 0 amide bonds. The van der Waals surface area contributed by atoms with E-state index in [1.165, 1.54) is 16.7 Å². The normalized spacial score (nSPS) is 14.6. The van der Waals surface area contributed by atoms with Gasteiger partial charge in [-0.3, -0.25) is 4.79 Å². The van der Waals surface area contributed by atoms with Crippen LogP contribution < -0.4 is 4.90 Å². The minimum absolute atomic E-state index is 0. The van der Waals surface area contributed by atoms with E-state index in [1.807, 2.05) is 62.1 Å². The van der Waals surface area contributed by atoms with Crippen LogP contribution in [0.5, 0.6) is 0 Å². The molecular weight excluding hydrogens is 427 g/mol. The first-order valence-corrected chi connectivity index (χ1v) is 9.74. The molecule has 0 aromatic heterocycles. The molecule has 1 heterocycles. The molecule has 142 valence electrons. The number of benzene rings is 1. The SMILES string of the molecule is Cc1cc(C)c(N2C=CN([C@H](C(=O)O)C(C)(C)C)[CH-]2)c(C)c1.[CH3-].[Cl][Rh+2]. The van der Waals surface area contributed by atoms with Gasteiger partial charge in [-0.2, -0.15) is 6.67 Å². The third kappa shape index (κ3) is 5.72. The first kappa shape index (κ1) is 23.9. The second kappa shape index (κ2) is 9.59. The molecule has 0 fully saturated rings. The zero-order valence-electron chi connectivity index (χ0n) is 15.9. The van der Waals surface area contributed by atoms with Gasteiger partial charge in [-0.25, -0.2) is 0 Å². The van der Waals surface area contributed by atoms with Gasteiger partial charge in [-0.15, -0.1) is 0 Å². The predicted octanol–water partition coefficient (Wildman–Crippen LogP) is 4.96. The zero-order valence-corrected chi connectivity index (χ0v) is 18.3. The molecule has 0 aliphatic carbocycles. The van der Waals surface area contributed by atoms with Crippen molar-refractivity contribution in [2.24, 2.45) is 5.41 Å². The number of halogens is 1. The van der Waals surface area contributed by atoms with E-state index in [-0.39, 0.29) is 12.8 Å². The van der Waals surface area contributed by atoms with Crippen LogP contribution in [-0.4, -0.2) is 22.0 Å². The van der Waals surface area contributed by atoms with Crippen LogP contribution in [0.2, 0.25) is 0 Å². The van der Waals surface area contributed by atoms with Gasteiger partial charge in [0.15, 0.2) is 0 Å². The van der Waals surface area contributed by atoms with Crippen LogP contribution in [0.15, 0.2) is 24.5 Å². The number of carboxylic acid groups (broad SMARTS) is 1. The third-order valence-electron chi connectivity index (χ3n) is 3.90. The van der Waals surface area contributed by atoms with Crippen LogP contribution >= 0.6 is 9.69 Å². The standard InChI is InChI=1S/C18H25N2O2.CH3.ClH.Rh/c1-12-9-13(2)15(14(3)10-12)19-7-8-20(11-19)16(17(21)22)18(4,5)6;;;/h7-11,16H,1-6H3,(H,21,22);1H3;1H;/q2*-1;;+3/p-1/t16-;;;/m1.../s1. The van der Waals surface area contributed by atoms with E-state index < -0.39 is 12.0 Å². The molecule has 0 saturated carbocycles. The Morgan fingerprint density at radius 2 is 1.64 bits per heavy atom. The van der Waals surface area contributed by atoms with E-state index in [4.69, 9.17) is 0 Å². The number of rotatable bonds is 3.